The number of fused-ring (bicyclic) bond motifs is 1. The normalized spacial score (nSPS) is 21.2. The third-order valence-corrected chi connectivity index (χ3v) is 4.88. The molecule has 0 spiro atoms. The van der Waals surface area contributed by atoms with Crippen LogP contribution in [0.3, 0.4) is 0 Å². The van der Waals surface area contributed by atoms with Crippen molar-refractivity contribution in [2.24, 2.45) is 7.05 Å². The fraction of sp³-hybridized carbons (Fsp3) is 0.444. The van der Waals surface area contributed by atoms with Crippen molar-refractivity contribution < 1.29 is 13.9 Å². The second-order valence-electron chi connectivity index (χ2n) is 6.46. The molecule has 0 amide bonds. The third-order valence-electron chi connectivity index (χ3n) is 4.88. The Morgan fingerprint density at radius 3 is 2.88 bits per heavy atom. The number of hydrogen-bond acceptors (Lipinski definition) is 6. The molecule has 1 aliphatic rings. The Bertz CT molecular complexity index is 872. The summed E-state index contributed by atoms with van der Waals surface area (Å²) in [5, 5.41) is 9.36. The molecule has 2 atom stereocenters. The first-order valence-corrected chi connectivity index (χ1v) is 8.35. The Hall–Kier alpha value is -2.38. The lowest BCUT2D eigenvalue weighted by Gasteiger charge is -2.21. The first-order valence-electron chi connectivity index (χ1n) is 8.35. The van der Waals surface area contributed by atoms with E-state index < -0.39 is 0 Å². The molecule has 0 radical (unpaired) electrons. The van der Waals surface area contributed by atoms with E-state index in [-0.39, 0.29) is 12.1 Å². The molecular formula is C18H22N4O3. The van der Waals surface area contributed by atoms with Gasteiger partial charge in [-0.2, -0.15) is 0 Å². The minimum atomic E-state index is 0.167. The minimum Gasteiger partial charge on any atom is -0.497 e. The van der Waals surface area contributed by atoms with Crippen LogP contribution in [0.4, 0.5) is 0 Å². The predicted molar refractivity (Wildman–Crippen MR) is 92.3 cm³/mol. The maximum Gasteiger partial charge on any atom is 0.150 e. The van der Waals surface area contributed by atoms with Crippen molar-refractivity contribution in [2.45, 2.75) is 25.1 Å². The maximum atomic E-state index is 6.01. The van der Waals surface area contributed by atoms with Gasteiger partial charge in [-0.05, 0) is 30.7 Å². The van der Waals surface area contributed by atoms with E-state index in [4.69, 9.17) is 13.9 Å². The molecule has 0 aliphatic carbocycles. The summed E-state index contributed by atoms with van der Waals surface area (Å²) in [6.07, 6.45) is 2.82. The van der Waals surface area contributed by atoms with Gasteiger partial charge >= 0.3 is 0 Å². The zero-order valence-electron chi connectivity index (χ0n) is 14.7. The van der Waals surface area contributed by atoms with Gasteiger partial charge in [-0.15, -0.1) is 10.2 Å². The van der Waals surface area contributed by atoms with Gasteiger partial charge in [-0.3, -0.25) is 4.90 Å². The van der Waals surface area contributed by atoms with Gasteiger partial charge < -0.3 is 18.5 Å². The summed E-state index contributed by atoms with van der Waals surface area (Å²) >= 11 is 0. The minimum absolute atomic E-state index is 0.167. The van der Waals surface area contributed by atoms with Crippen LogP contribution in [0.15, 0.2) is 35.0 Å². The summed E-state index contributed by atoms with van der Waals surface area (Å²) in [6, 6.07) is 8.09. The van der Waals surface area contributed by atoms with Crippen molar-refractivity contribution >= 4 is 11.0 Å². The van der Waals surface area contributed by atoms with Crippen LogP contribution in [-0.2, 0) is 18.3 Å². The number of rotatable bonds is 5. The molecule has 132 valence electrons. The molecule has 0 bridgehead atoms. The SMILES string of the molecule is COc1ccc2oc(CN3C[C@H](OC)C[C@H]3c3nncn3C)cc2c1. The topological polar surface area (TPSA) is 65.6 Å². The Morgan fingerprint density at radius 1 is 1.28 bits per heavy atom. The van der Waals surface area contributed by atoms with Gasteiger partial charge in [0, 0.05) is 26.1 Å². The number of aromatic nitrogens is 3. The van der Waals surface area contributed by atoms with E-state index in [2.05, 4.69) is 21.2 Å². The second-order valence-corrected chi connectivity index (χ2v) is 6.46. The van der Waals surface area contributed by atoms with Crippen LogP contribution >= 0.6 is 0 Å². The molecule has 0 unspecified atom stereocenters. The number of benzene rings is 1. The van der Waals surface area contributed by atoms with E-state index in [0.717, 1.165) is 41.3 Å². The second kappa shape index (κ2) is 6.50. The summed E-state index contributed by atoms with van der Waals surface area (Å²) < 4.78 is 18.9. The zero-order valence-corrected chi connectivity index (χ0v) is 14.7. The quantitative estimate of drug-likeness (QED) is 0.710. The van der Waals surface area contributed by atoms with Gasteiger partial charge in [0.05, 0.1) is 25.8 Å². The summed E-state index contributed by atoms with van der Waals surface area (Å²) in [7, 11) is 5.40. The highest BCUT2D eigenvalue weighted by Gasteiger charge is 2.36. The van der Waals surface area contributed by atoms with E-state index in [0.29, 0.717) is 6.54 Å². The third kappa shape index (κ3) is 3.01. The zero-order chi connectivity index (χ0) is 17.4. The van der Waals surface area contributed by atoms with Crippen molar-refractivity contribution in [3.05, 3.63) is 42.2 Å². The largest absolute Gasteiger partial charge is 0.497 e. The first kappa shape index (κ1) is 16.1. The van der Waals surface area contributed by atoms with E-state index in [1.165, 1.54) is 0 Å². The highest BCUT2D eigenvalue weighted by molar-refractivity contribution is 5.79. The fourth-order valence-electron chi connectivity index (χ4n) is 3.55. The molecule has 1 aromatic carbocycles. The number of methoxy groups -OCH3 is 2. The van der Waals surface area contributed by atoms with Crippen LogP contribution < -0.4 is 4.74 Å². The molecule has 4 rings (SSSR count). The average molecular weight is 342 g/mol. The number of nitrogens with zero attached hydrogens (tertiary/aromatic N) is 4. The van der Waals surface area contributed by atoms with E-state index in [9.17, 15) is 0 Å². The lowest BCUT2D eigenvalue weighted by molar-refractivity contribution is 0.106. The van der Waals surface area contributed by atoms with E-state index in [1.807, 2.05) is 29.8 Å². The molecular weight excluding hydrogens is 320 g/mol. The molecule has 1 saturated heterocycles. The van der Waals surface area contributed by atoms with Crippen LogP contribution in [-0.4, -0.2) is 46.5 Å². The van der Waals surface area contributed by atoms with Crippen molar-refractivity contribution in [3.63, 3.8) is 0 Å². The lowest BCUT2D eigenvalue weighted by Crippen LogP contribution is -2.26. The van der Waals surface area contributed by atoms with Gasteiger partial charge in [0.15, 0.2) is 0 Å². The number of likely N-dealkylation sites (tertiary alicyclic amines) is 1. The van der Waals surface area contributed by atoms with Gasteiger partial charge in [-0.1, -0.05) is 0 Å². The monoisotopic (exact) mass is 342 g/mol. The molecule has 1 aliphatic heterocycles. The van der Waals surface area contributed by atoms with Gasteiger partial charge in [0.25, 0.3) is 0 Å². The number of hydrogen-bond donors (Lipinski definition) is 0. The Balaban J connectivity index is 1.60. The van der Waals surface area contributed by atoms with Crippen molar-refractivity contribution in [3.8, 4) is 5.75 Å². The summed E-state index contributed by atoms with van der Waals surface area (Å²) in [6.45, 7) is 1.54. The molecule has 1 fully saturated rings. The Labute approximate surface area is 146 Å². The van der Waals surface area contributed by atoms with Crippen molar-refractivity contribution in [1.29, 1.82) is 0 Å². The molecule has 7 nitrogen and oxygen atoms in total. The fourth-order valence-corrected chi connectivity index (χ4v) is 3.55. The van der Waals surface area contributed by atoms with Crippen molar-refractivity contribution in [2.75, 3.05) is 20.8 Å². The summed E-state index contributed by atoms with van der Waals surface area (Å²) in [4.78, 5) is 2.34. The lowest BCUT2D eigenvalue weighted by atomic mass is 10.2. The first-order chi connectivity index (χ1) is 12.2. The van der Waals surface area contributed by atoms with E-state index in [1.54, 1.807) is 20.5 Å². The van der Waals surface area contributed by atoms with Gasteiger partial charge in [0.1, 0.15) is 29.2 Å². The number of ether oxygens (including phenoxy) is 2. The molecule has 0 saturated carbocycles. The predicted octanol–water partition coefficient (Wildman–Crippen LogP) is 2.53. The molecule has 7 heteroatoms. The summed E-state index contributed by atoms with van der Waals surface area (Å²) in [5.41, 5.74) is 0.869. The van der Waals surface area contributed by atoms with Crippen LogP contribution in [0.5, 0.6) is 5.75 Å². The van der Waals surface area contributed by atoms with E-state index >= 15 is 0 Å². The molecule has 25 heavy (non-hydrogen) atoms. The molecule has 2 aromatic heterocycles. The summed E-state index contributed by atoms with van der Waals surface area (Å²) in [5.74, 6) is 2.71. The Morgan fingerprint density at radius 2 is 2.16 bits per heavy atom. The number of furan rings is 1. The van der Waals surface area contributed by atoms with Crippen LogP contribution in [0, 0.1) is 0 Å². The van der Waals surface area contributed by atoms with Crippen LogP contribution in [0.25, 0.3) is 11.0 Å². The average Bonchev–Trinajstić information content (AvgIpc) is 3.31. The Kier molecular flexibility index (Phi) is 4.19. The van der Waals surface area contributed by atoms with Crippen LogP contribution in [0.1, 0.15) is 24.0 Å². The highest BCUT2D eigenvalue weighted by atomic mass is 16.5. The maximum absolute atomic E-state index is 6.01. The number of aryl methyl sites for hydroxylation is 1. The van der Waals surface area contributed by atoms with Gasteiger partial charge in [0.2, 0.25) is 0 Å². The molecule has 3 heterocycles. The van der Waals surface area contributed by atoms with Gasteiger partial charge in [-0.25, -0.2) is 0 Å². The van der Waals surface area contributed by atoms with Crippen LogP contribution in [0.2, 0.25) is 0 Å². The molecule has 0 N–H and O–H groups in total. The smallest absolute Gasteiger partial charge is 0.150 e. The standard InChI is InChI=1S/C18H22N4O3/c1-21-11-19-20-18(21)16-8-14(24-3)9-22(16)10-15-7-12-6-13(23-2)4-5-17(12)25-15/h4-7,11,14,16H,8-10H2,1-3H3/t14-,16+/m1/s1. The van der Waals surface area contributed by atoms with Crippen molar-refractivity contribution in [1.82, 2.24) is 19.7 Å². The molecule has 3 aromatic rings. The highest BCUT2D eigenvalue weighted by Crippen LogP contribution is 2.34.